The summed E-state index contributed by atoms with van der Waals surface area (Å²) in [7, 11) is 0. The largest absolute Gasteiger partial charge is 0.478 e. The Balaban J connectivity index is 1.56. The zero-order valence-electron chi connectivity index (χ0n) is 18.7. The number of benzene rings is 2. The zero-order chi connectivity index (χ0) is 21.8. The summed E-state index contributed by atoms with van der Waals surface area (Å²) in [4.78, 5) is 4.47. The van der Waals surface area contributed by atoms with Crippen molar-refractivity contribution in [1.29, 1.82) is 0 Å². The smallest absolute Gasteiger partial charge is 0.142 e. The van der Waals surface area contributed by atoms with E-state index < -0.39 is 0 Å². The lowest BCUT2D eigenvalue weighted by Gasteiger charge is -2.31. The molecule has 0 saturated carbocycles. The molecular weight excluding hydrogens is 392 g/mol. The molecule has 6 nitrogen and oxygen atoms in total. The van der Waals surface area contributed by atoms with Crippen LogP contribution in [-0.4, -0.2) is 59.8 Å². The van der Waals surface area contributed by atoms with Gasteiger partial charge in [-0.3, -0.25) is 9.80 Å². The highest BCUT2D eigenvalue weighted by Gasteiger charge is 2.23. The Kier molecular flexibility index (Phi) is 7.13. The summed E-state index contributed by atoms with van der Waals surface area (Å²) in [5.41, 5.74) is 7.48. The van der Waals surface area contributed by atoms with E-state index in [0.29, 0.717) is 13.5 Å². The topological polar surface area (TPSA) is 65.4 Å². The molecule has 0 aromatic heterocycles. The van der Waals surface area contributed by atoms with Crippen LogP contribution in [0.2, 0.25) is 0 Å². The van der Waals surface area contributed by atoms with Crippen molar-refractivity contribution in [2.75, 3.05) is 39.8 Å². The van der Waals surface area contributed by atoms with Crippen LogP contribution in [0.3, 0.4) is 0 Å². The number of ether oxygens (including phenoxy) is 2. The van der Waals surface area contributed by atoms with Gasteiger partial charge in [0.25, 0.3) is 0 Å². The van der Waals surface area contributed by atoms with Gasteiger partial charge in [-0.2, -0.15) is 0 Å². The molecule has 2 aromatic carbocycles. The Morgan fingerprint density at radius 3 is 2.23 bits per heavy atom. The van der Waals surface area contributed by atoms with Crippen LogP contribution >= 0.6 is 0 Å². The van der Waals surface area contributed by atoms with Gasteiger partial charge in [0.2, 0.25) is 0 Å². The van der Waals surface area contributed by atoms with Crippen LogP contribution in [0.25, 0.3) is 0 Å². The van der Waals surface area contributed by atoms with Crippen LogP contribution in [0.5, 0.6) is 11.5 Å². The molecule has 0 fully saturated rings. The second kappa shape index (κ2) is 10.0. The average Bonchev–Trinajstić information content (AvgIpc) is 2.78. The fourth-order valence-corrected chi connectivity index (χ4v) is 4.48. The minimum absolute atomic E-state index is 0.207. The highest BCUT2D eigenvalue weighted by molar-refractivity contribution is 5.51. The van der Waals surface area contributed by atoms with E-state index >= 15 is 0 Å². The first-order valence-corrected chi connectivity index (χ1v) is 11.2. The highest BCUT2D eigenvalue weighted by Crippen LogP contribution is 2.35. The van der Waals surface area contributed by atoms with Gasteiger partial charge < -0.3 is 19.7 Å². The SMILES string of the molecule is Cc1cc2c(cc1Cc1c(C)ccc3c1OCN(CCCO)C3)CN(CCCO)CO2. The second-order valence-corrected chi connectivity index (χ2v) is 8.72. The third-order valence-electron chi connectivity index (χ3n) is 6.31. The molecule has 2 aliphatic heterocycles. The molecule has 0 spiro atoms. The lowest BCUT2D eigenvalue weighted by Crippen LogP contribution is -2.33. The number of aliphatic hydroxyl groups excluding tert-OH is 2. The van der Waals surface area contributed by atoms with Gasteiger partial charge in [-0.25, -0.2) is 0 Å². The van der Waals surface area contributed by atoms with E-state index in [1.807, 2.05) is 0 Å². The third-order valence-corrected chi connectivity index (χ3v) is 6.31. The van der Waals surface area contributed by atoms with E-state index in [1.165, 1.54) is 33.4 Å². The van der Waals surface area contributed by atoms with Crippen LogP contribution in [0.15, 0.2) is 24.3 Å². The van der Waals surface area contributed by atoms with Crippen molar-refractivity contribution < 1.29 is 19.7 Å². The molecule has 0 aliphatic carbocycles. The summed E-state index contributed by atoms with van der Waals surface area (Å²) in [6.07, 6.45) is 2.37. The molecule has 0 saturated heterocycles. The van der Waals surface area contributed by atoms with Crippen molar-refractivity contribution in [2.24, 2.45) is 0 Å². The van der Waals surface area contributed by atoms with Gasteiger partial charge in [0.15, 0.2) is 0 Å². The highest BCUT2D eigenvalue weighted by atomic mass is 16.5. The van der Waals surface area contributed by atoms with E-state index in [-0.39, 0.29) is 13.2 Å². The van der Waals surface area contributed by atoms with Crippen molar-refractivity contribution in [3.8, 4) is 11.5 Å². The fraction of sp³-hybridized carbons (Fsp3) is 0.520. The van der Waals surface area contributed by atoms with Crippen molar-refractivity contribution in [3.05, 3.63) is 57.6 Å². The Morgan fingerprint density at radius 1 is 0.839 bits per heavy atom. The quantitative estimate of drug-likeness (QED) is 0.677. The molecule has 168 valence electrons. The fourth-order valence-electron chi connectivity index (χ4n) is 4.48. The van der Waals surface area contributed by atoms with Crippen LogP contribution in [0, 0.1) is 13.8 Å². The molecule has 4 rings (SSSR count). The molecule has 2 heterocycles. The number of fused-ring (bicyclic) bond motifs is 2. The van der Waals surface area contributed by atoms with Crippen molar-refractivity contribution in [3.63, 3.8) is 0 Å². The maximum atomic E-state index is 9.13. The van der Waals surface area contributed by atoms with Gasteiger partial charge >= 0.3 is 0 Å². The molecule has 2 N–H and O–H groups in total. The first-order valence-electron chi connectivity index (χ1n) is 11.2. The van der Waals surface area contributed by atoms with E-state index in [2.05, 4.69) is 47.9 Å². The standard InChI is InChI=1S/C25H34N2O4/c1-18-5-6-20-14-26(7-3-9-28)17-31-25(20)23(18)13-21-12-22-15-27(8-4-10-29)16-30-24(22)11-19(21)2/h5-6,11-12,28-29H,3-4,7-10,13-17H2,1-2H3. The normalized spacial score (nSPS) is 16.4. The summed E-state index contributed by atoms with van der Waals surface area (Å²) in [5.74, 6) is 2.00. The molecule has 0 unspecified atom stereocenters. The van der Waals surface area contributed by atoms with Gasteiger partial charge in [-0.1, -0.05) is 18.2 Å². The minimum Gasteiger partial charge on any atom is -0.478 e. The molecule has 0 radical (unpaired) electrons. The molecule has 0 atom stereocenters. The van der Waals surface area contributed by atoms with E-state index in [1.54, 1.807) is 0 Å². The monoisotopic (exact) mass is 426 g/mol. The third kappa shape index (κ3) is 5.04. The van der Waals surface area contributed by atoms with Crippen LogP contribution in [0.1, 0.15) is 46.2 Å². The Bertz CT molecular complexity index is 915. The van der Waals surface area contributed by atoms with E-state index in [0.717, 1.165) is 56.9 Å². The molecule has 2 aliphatic rings. The number of nitrogens with zero attached hydrogens (tertiary/aromatic N) is 2. The predicted octanol–water partition coefficient (Wildman–Crippen LogP) is 2.96. The number of hydrogen-bond donors (Lipinski definition) is 2. The summed E-state index contributed by atoms with van der Waals surface area (Å²) < 4.78 is 12.2. The number of hydrogen-bond acceptors (Lipinski definition) is 6. The van der Waals surface area contributed by atoms with Crippen LogP contribution < -0.4 is 9.47 Å². The van der Waals surface area contributed by atoms with Crippen molar-refractivity contribution in [2.45, 2.75) is 46.2 Å². The van der Waals surface area contributed by atoms with Crippen molar-refractivity contribution >= 4 is 0 Å². The van der Waals surface area contributed by atoms with Gasteiger partial charge in [-0.05, 0) is 49.4 Å². The van der Waals surface area contributed by atoms with Crippen LogP contribution in [0.4, 0.5) is 0 Å². The molecule has 6 heteroatoms. The van der Waals surface area contributed by atoms with Gasteiger partial charge in [0.1, 0.15) is 25.0 Å². The molecule has 31 heavy (non-hydrogen) atoms. The lowest BCUT2D eigenvalue weighted by atomic mass is 9.92. The predicted molar refractivity (Wildman–Crippen MR) is 120 cm³/mol. The van der Waals surface area contributed by atoms with Crippen molar-refractivity contribution in [1.82, 2.24) is 9.80 Å². The summed E-state index contributed by atoms with van der Waals surface area (Å²) >= 11 is 0. The molecule has 0 amide bonds. The second-order valence-electron chi connectivity index (χ2n) is 8.72. The molecule has 2 aromatic rings. The number of aliphatic hydroxyl groups is 2. The Labute approximate surface area is 185 Å². The van der Waals surface area contributed by atoms with E-state index in [4.69, 9.17) is 19.7 Å². The minimum atomic E-state index is 0.207. The zero-order valence-corrected chi connectivity index (χ0v) is 18.7. The Hall–Kier alpha value is -2.12. The maximum absolute atomic E-state index is 9.13. The van der Waals surface area contributed by atoms with Gasteiger partial charge in [0, 0.05) is 62.5 Å². The molecule has 0 bridgehead atoms. The van der Waals surface area contributed by atoms with Crippen LogP contribution in [-0.2, 0) is 19.5 Å². The van der Waals surface area contributed by atoms with Gasteiger partial charge in [-0.15, -0.1) is 0 Å². The number of aryl methyl sites for hydroxylation is 2. The van der Waals surface area contributed by atoms with Gasteiger partial charge in [0.05, 0.1) is 0 Å². The Morgan fingerprint density at radius 2 is 1.52 bits per heavy atom. The summed E-state index contributed by atoms with van der Waals surface area (Å²) in [6.45, 7) is 9.27. The summed E-state index contributed by atoms with van der Waals surface area (Å²) in [5, 5.41) is 18.2. The molecular formula is C25H34N2O4. The summed E-state index contributed by atoms with van der Waals surface area (Å²) in [6, 6.07) is 8.81. The first kappa shape index (κ1) is 22.1. The average molecular weight is 427 g/mol. The first-order chi connectivity index (χ1) is 15.1. The number of rotatable bonds is 8. The maximum Gasteiger partial charge on any atom is 0.142 e. The van der Waals surface area contributed by atoms with E-state index in [9.17, 15) is 0 Å². The lowest BCUT2D eigenvalue weighted by molar-refractivity contribution is 0.0873.